The number of Topliss-reactive ketones (excluding diaryl/α,β-unsaturated/α-hetero) is 1. The van der Waals surface area contributed by atoms with Crippen molar-refractivity contribution in [1.29, 1.82) is 0 Å². The van der Waals surface area contributed by atoms with E-state index in [0.29, 0.717) is 11.4 Å². The van der Waals surface area contributed by atoms with Crippen molar-refractivity contribution in [2.24, 2.45) is 5.41 Å². The minimum Gasteiger partial charge on any atom is -0.294 e. The molecule has 0 saturated heterocycles. The Hall–Kier alpha value is -0.890. The molecule has 0 unspecified atom stereocenters. The van der Waals surface area contributed by atoms with E-state index in [9.17, 15) is 9.18 Å². The number of rotatable bonds is 3. The first-order chi connectivity index (χ1) is 7.29. The molecule has 0 aliphatic carbocycles. The smallest absolute Gasteiger partial charge is 0.165 e. The molecule has 0 amide bonds. The molecular weight excluding hydrogens is 227 g/mol. The largest absolute Gasteiger partial charge is 0.294 e. The fourth-order valence-corrected chi connectivity index (χ4v) is 1.50. The van der Waals surface area contributed by atoms with Gasteiger partial charge in [-0.15, -0.1) is 0 Å². The van der Waals surface area contributed by atoms with Crippen LogP contribution in [0.5, 0.6) is 0 Å². The molecule has 0 atom stereocenters. The second-order valence-corrected chi connectivity index (χ2v) is 5.54. The Morgan fingerprint density at radius 2 is 2.00 bits per heavy atom. The highest BCUT2D eigenvalue weighted by Gasteiger charge is 2.16. The van der Waals surface area contributed by atoms with Crippen LogP contribution in [0.4, 0.5) is 4.39 Å². The standard InChI is InChI=1S/C13H16ClFO/c1-13(2,3)7-6-12(16)10-5-4-9(14)8-11(10)15/h4-5,8H,6-7H2,1-3H3. The number of ketones is 1. The molecule has 0 bridgehead atoms. The number of hydrogen-bond acceptors (Lipinski definition) is 1. The third-order valence-electron chi connectivity index (χ3n) is 2.33. The van der Waals surface area contributed by atoms with Crippen LogP contribution in [0.2, 0.25) is 5.02 Å². The second kappa shape index (κ2) is 4.96. The Morgan fingerprint density at radius 3 is 2.50 bits per heavy atom. The van der Waals surface area contributed by atoms with E-state index in [1.165, 1.54) is 18.2 Å². The van der Waals surface area contributed by atoms with E-state index in [-0.39, 0.29) is 16.8 Å². The van der Waals surface area contributed by atoms with E-state index >= 15 is 0 Å². The van der Waals surface area contributed by atoms with Crippen molar-refractivity contribution in [2.75, 3.05) is 0 Å². The van der Waals surface area contributed by atoms with Crippen molar-refractivity contribution in [3.8, 4) is 0 Å². The van der Waals surface area contributed by atoms with Gasteiger partial charge < -0.3 is 0 Å². The number of carbonyl (C=O) groups excluding carboxylic acids is 1. The third-order valence-corrected chi connectivity index (χ3v) is 2.57. The average Bonchev–Trinajstić information content (AvgIpc) is 2.13. The van der Waals surface area contributed by atoms with Gasteiger partial charge in [-0.2, -0.15) is 0 Å². The fourth-order valence-electron chi connectivity index (χ4n) is 1.34. The van der Waals surface area contributed by atoms with Gasteiger partial charge in [0.1, 0.15) is 5.82 Å². The summed E-state index contributed by atoms with van der Waals surface area (Å²) in [5.41, 5.74) is 0.215. The van der Waals surface area contributed by atoms with Crippen LogP contribution >= 0.6 is 11.6 Å². The van der Waals surface area contributed by atoms with Crippen LogP contribution in [0.3, 0.4) is 0 Å². The predicted octanol–water partition coefficient (Wildman–Crippen LogP) is 4.49. The number of halogens is 2. The van der Waals surface area contributed by atoms with Crippen molar-refractivity contribution < 1.29 is 9.18 Å². The first-order valence-corrected chi connectivity index (χ1v) is 5.66. The first kappa shape index (κ1) is 13.2. The van der Waals surface area contributed by atoms with Crippen molar-refractivity contribution in [2.45, 2.75) is 33.6 Å². The molecular formula is C13H16ClFO. The van der Waals surface area contributed by atoms with Crippen molar-refractivity contribution in [3.63, 3.8) is 0 Å². The van der Waals surface area contributed by atoms with E-state index in [2.05, 4.69) is 20.8 Å². The van der Waals surface area contributed by atoms with Crippen molar-refractivity contribution in [3.05, 3.63) is 34.6 Å². The molecule has 0 radical (unpaired) electrons. The molecule has 88 valence electrons. The minimum absolute atomic E-state index is 0.0819. The van der Waals surface area contributed by atoms with Crippen LogP contribution in [0, 0.1) is 11.2 Å². The van der Waals surface area contributed by atoms with E-state index in [1.807, 2.05) is 0 Å². The molecule has 0 N–H and O–H groups in total. The van der Waals surface area contributed by atoms with Crippen LogP contribution in [0.15, 0.2) is 18.2 Å². The Bertz CT molecular complexity index is 393. The fraction of sp³-hybridized carbons (Fsp3) is 0.462. The van der Waals surface area contributed by atoms with Gasteiger partial charge in [-0.3, -0.25) is 4.79 Å². The van der Waals surface area contributed by atoms with Gasteiger partial charge in [0.05, 0.1) is 5.56 Å². The molecule has 0 aromatic heterocycles. The third kappa shape index (κ3) is 3.93. The highest BCUT2D eigenvalue weighted by molar-refractivity contribution is 6.30. The molecule has 0 saturated carbocycles. The Balaban J connectivity index is 2.74. The molecule has 0 heterocycles. The zero-order valence-electron chi connectivity index (χ0n) is 9.81. The molecule has 1 rings (SSSR count). The maximum Gasteiger partial charge on any atom is 0.165 e. The highest BCUT2D eigenvalue weighted by atomic mass is 35.5. The van der Waals surface area contributed by atoms with Gasteiger partial charge in [-0.1, -0.05) is 32.4 Å². The summed E-state index contributed by atoms with van der Waals surface area (Å²) in [4.78, 5) is 11.7. The quantitative estimate of drug-likeness (QED) is 0.714. The summed E-state index contributed by atoms with van der Waals surface area (Å²) in [5.74, 6) is -0.699. The molecule has 1 aromatic rings. The first-order valence-electron chi connectivity index (χ1n) is 5.28. The number of carbonyl (C=O) groups is 1. The summed E-state index contributed by atoms with van der Waals surface area (Å²) in [6.45, 7) is 6.16. The van der Waals surface area contributed by atoms with Gasteiger partial charge in [-0.25, -0.2) is 4.39 Å². The van der Waals surface area contributed by atoms with Crippen LogP contribution in [-0.2, 0) is 0 Å². The van der Waals surface area contributed by atoms with Crippen LogP contribution in [0.25, 0.3) is 0 Å². The maximum atomic E-state index is 13.4. The summed E-state index contributed by atoms with van der Waals surface area (Å²) < 4.78 is 13.4. The topological polar surface area (TPSA) is 17.1 Å². The highest BCUT2D eigenvalue weighted by Crippen LogP contribution is 2.23. The van der Waals surface area contributed by atoms with Gasteiger partial charge in [0.15, 0.2) is 5.78 Å². The zero-order valence-corrected chi connectivity index (χ0v) is 10.6. The van der Waals surface area contributed by atoms with Crippen molar-refractivity contribution >= 4 is 17.4 Å². The van der Waals surface area contributed by atoms with E-state index in [0.717, 1.165) is 6.42 Å². The maximum absolute atomic E-state index is 13.4. The normalized spacial score (nSPS) is 11.6. The SMILES string of the molecule is CC(C)(C)CCC(=O)c1ccc(Cl)cc1F. The lowest BCUT2D eigenvalue weighted by molar-refractivity contribution is 0.0962. The molecule has 1 nitrogen and oxygen atoms in total. The van der Waals surface area contributed by atoms with E-state index in [4.69, 9.17) is 11.6 Å². The lowest BCUT2D eigenvalue weighted by atomic mass is 9.88. The van der Waals surface area contributed by atoms with Crippen LogP contribution in [0.1, 0.15) is 44.0 Å². The van der Waals surface area contributed by atoms with Crippen LogP contribution < -0.4 is 0 Å². The molecule has 0 aliphatic heterocycles. The molecule has 0 spiro atoms. The van der Waals surface area contributed by atoms with Gasteiger partial charge in [-0.05, 0) is 30.0 Å². The Labute approximate surface area is 101 Å². The monoisotopic (exact) mass is 242 g/mol. The molecule has 1 aromatic carbocycles. The lowest BCUT2D eigenvalue weighted by Crippen LogP contribution is -2.10. The molecule has 0 aliphatic rings. The predicted molar refractivity (Wildman–Crippen MR) is 64.4 cm³/mol. The molecule has 3 heteroatoms. The van der Waals surface area contributed by atoms with Crippen LogP contribution in [-0.4, -0.2) is 5.78 Å². The van der Waals surface area contributed by atoms with E-state index in [1.54, 1.807) is 0 Å². The summed E-state index contributed by atoms with van der Waals surface area (Å²) in [6, 6.07) is 4.16. The summed E-state index contributed by atoms with van der Waals surface area (Å²) >= 11 is 5.62. The number of hydrogen-bond donors (Lipinski definition) is 0. The van der Waals surface area contributed by atoms with Gasteiger partial charge in [0.2, 0.25) is 0 Å². The summed E-state index contributed by atoms with van der Waals surface area (Å²) in [6.07, 6.45) is 1.11. The molecule has 16 heavy (non-hydrogen) atoms. The van der Waals surface area contributed by atoms with Gasteiger partial charge in [0.25, 0.3) is 0 Å². The van der Waals surface area contributed by atoms with Gasteiger partial charge >= 0.3 is 0 Å². The minimum atomic E-state index is -0.536. The zero-order chi connectivity index (χ0) is 12.3. The van der Waals surface area contributed by atoms with Crippen molar-refractivity contribution in [1.82, 2.24) is 0 Å². The number of benzene rings is 1. The van der Waals surface area contributed by atoms with Gasteiger partial charge in [0, 0.05) is 11.4 Å². The Kier molecular flexibility index (Phi) is 4.09. The summed E-state index contributed by atoms with van der Waals surface area (Å²) in [7, 11) is 0. The van der Waals surface area contributed by atoms with E-state index < -0.39 is 5.82 Å². The second-order valence-electron chi connectivity index (χ2n) is 5.11. The Morgan fingerprint density at radius 1 is 1.38 bits per heavy atom. The lowest BCUT2D eigenvalue weighted by Gasteiger charge is -2.17. The summed E-state index contributed by atoms with van der Waals surface area (Å²) in [5, 5.41) is 0.310. The average molecular weight is 243 g/mol. The molecule has 0 fully saturated rings.